The summed E-state index contributed by atoms with van der Waals surface area (Å²) in [6, 6.07) is 0. The van der Waals surface area contributed by atoms with Crippen LogP contribution in [-0.2, 0) is 0 Å². The van der Waals surface area contributed by atoms with Crippen LogP contribution in [0.25, 0.3) is 0 Å². The molecule has 0 aromatic rings. The van der Waals surface area contributed by atoms with Crippen molar-refractivity contribution in [3.05, 3.63) is 11.9 Å². The minimum Gasteiger partial charge on any atom is -0.267 e. The Balaban J connectivity index is 1.47. The van der Waals surface area contributed by atoms with Crippen LogP contribution in [0.1, 0.15) is 116 Å². The van der Waals surface area contributed by atoms with Crippen LogP contribution in [-0.4, -0.2) is 35.5 Å². The van der Waals surface area contributed by atoms with Gasteiger partial charge in [-0.3, -0.25) is 9.34 Å². The van der Waals surface area contributed by atoms with Crippen molar-refractivity contribution in [2.24, 2.45) is 17.3 Å². The molecular weight excluding hydrogens is 383 g/mol. The van der Waals surface area contributed by atoms with E-state index in [4.69, 9.17) is 0 Å². The van der Waals surface area contributed by atoms with Gasteiger partial charge in [-0.25, -0.2) is 0 Å². The predicted octanol–water partition coefficient (Wildman–Crippen LogP) is 8.34. The first kappa shape index (κ1) is 23.3. The molecule has 2 aliphatic carbocycles. The summed E-state index contributed by atoms with van der Waals surface area (Å²) in [5.41, 5.74) is 0.558. The quantitative estimate of drug-likeness (QED) is 0.373. The van der Waals surface area contributed by atoms with Crippen LogP contribution < -0.4 is 0 Å². The van der Waals surface area contributed by atoms with Gasteiger partial charge in [0.25, 0.3) is 0 Å². The van der Waals surface area contributed by atoms with Crippen LogP contribution in [0.3, 0.4) is 0 Å². The maximum absolute atomic E-state index is 2.87. The SMILES string of the molecule is CC(CC=CP(N1CCCCC1)N1CCCCC1)(C1CCCCC1)C1CCCCC1. The summed E-state index contributed by atoms with van der Waals surface area (Å²) in [4.78, 5) is 0. The van der Waals surface area contributed by atoms with E-state index in [1.54, 1.807) is 0 Å². The third kappa shape index (κ3) is 5.90. The van der Waals surface area contributed by atoms with E-state index in [1.165, 1.54) is 135 Å². The fraction of sp³-hybridized carbons (Fsp3) is 0.926. The molecule has 0 radical (unpaired) electrons. The molecule has 172 valence electrons. The molecule has 3 heteroatoms. The Morgan fingerprint density at radius 2 is 1.03 bits per heavy atom. The highest BCUT2D eigenvalue weighted by atomic mass is 31.1. The Hall–Kier alpha value is 0.0900. The van der Waals surface area contributed by atoms with Gasteiger partial charge in [-0.1, -0.05) is 64.4 Å². The molecule has 0 N–H and O–H groups in total. The summed E-state index contributed by atoms with van der Waals surface area (Å²) in [5.74, 6) is 4.70. The number of hydrogen-bond acceptors (Lipinski definition) is 2. The minimum absolute atomic E-state index is 0.199. The second-order valence-corrected chi connectivity index (χ2v) is 13.2. The van der Waals surface area contributed by atoms with Crippen LogP contribution in [0.4, 0.5) is 0 Å². The zero-order valence-electron chi connectivity index (χ0n) is 20.0. The minimum atomic E-state index is -0.199. The van der Waals surface area contributed by atoms with E-state index < -0.39 is 0 Å². The fourth-order valence-electron chi connectivity index (χ4n) is 7.12. The molecule has 0 aromatic carbocycles. The molecule has 0 amide bonds. The van der Waals surface area contributed by atoms with Crippen LogP contribution in [0.5, 0.6) is 0 Å². The van der Waals surface area contributed by atoms with Crippen molar-refractivity contribution in [2.75, 3.05) is 26.2 Å². The number of allylic oxidation sites excluding steroid dienone is 1. The molecule has 4 aliphatic rings. The van der Waals surface area contributed by atoms with Crippen molar-refractivity contribution in [2.45, 2.75) is 116 Å². The molecule has 30 heavy (non-hydrogen) atoms. The normalized spacial score (nSPS) is 27.3. The van der Waals surface area contributed by atoms with Crippen molar-refractivity contribution < 1.29 is 0 Å². The van der Waals surface area contributed by atoms with Crippen molar-refractivity contribution in [1.29, 1.82) is 0 Å². The number of rotatable bonds is 7. The van der Waals surface area contributed by atoms with E-state index in [0.29, 0.717) is 5.41 Å². The van der Waals surface area contributed by atoms with Crippen LogP contribution in [0.2, 0.25) is 0 Å². The Morgan fingerprint density at radius 3 is 1.47 bits per heavy atom. The lowest BCUT2D eigenvalue weighted by atomic mass is 9.58. The third-order valence-electron chi connectivity index (χ3n) is 9.12. The molecular formula is C27H49N2P. The highest BCUT2D eigenvalue weighted by Gasteiger charge is 2.41. The molecule has 0 bridgehead atoms. The molecule has 2 saturated heterocycles. The summed E-state index contributed by atoms with van der Waals surface area (Å²) in [5, 5.41) is 0. The Morgan fingerprint density at radius 1 is 0.633 bits per heavy atom. The van der Waals surface area contributed by atoms with Gasteiger partial charge in [0.15, 0.2) is 0 Å². The maximum Gasteiger partial charge on any atom is 0.0644 e. The maximum atomic E-state index is 2.87. The molecule has 2 aliphatic heterocycles. The molecule has 0 atom stereocenters. The Kier molecular flexibility index (Phi) is 9.15. The van der Waals surface area contributed by atoms with Crippen molar-refractivity contribution in [3.8, 4) is 0 Å². The van der Waals surface area contributed by atoms with Crippen molar-refractivity contribution >= 4 is 8.22 Å². The largest absolute Gasteiger partial charge is 0.267 e. The van der Waals surface area contributed by atoms with E-state index in [9.17, 15) is 0 Å². The van der Waals surface area contributed by atoms with E-state index in [1.807, 2.05) is 0 Å². The average Bonchev–Trinajstić information content (AvgIpc) is 2.84. The molecule has 0 aromatic heterocycles. The Labute approximate surface area is 189 Å². The zero-order chi connectivity index (χ0) is 20.7. The van der Waals surface area contributed by atoms with E-state index in [0.717, 1.165) is 11.8 Å². The summed E-state index contributed by atoms with van der Waals surface area (Å²) in [7, 11) is -0.199. The first-order chi connectivity index (χ1) is 14.8. The van der Waals surface area contributed by atoms with Gasteiger partial charge >= 0.3 is 0 Å². The molecule has 2 saturated carbocycles. The standard InChI is InChI=1S/C27H49N2P/c1-27(25-15-6-2-7-16-25,26-17-8-3-9-18-26)19-14-24-30(28-20-10-4-11-21-28)29-22-12-5-13-23-29/h14,24-26H,2-13,15-23H2,1H3. The highest BCUT2D eigenvalue weighted by molar-refractivity contribution is 7.56. The third-order valence-corrected chi connectivity index (χ3v) is 11.6. The predicted molar refractivity (Wildman–Crippen MR) is 133 cm³/mol. The fourth-order valence-corrected chi connectivity index (χ4v) is 9.54. The van der Waals surface area contributed by atoms with Crippen LogP contribution in [0, 0.1) is 17.3 Å². The van der Waals surface area contributed by atoms with Gasteiger partial charge in [0.05, 0.1) is 8.22 Å². The molecule has 4 fully saturated rings. The lowest BCUT2D eigenvalue weighted by Gasteiger charge is -2.47. The monoisotopic (exact) mass is 432 g/mol. The topological polar surface area (TPSA) is 6.48 Å². The molecule has 4 rings (SSSR count). The lowest BCUT2D eigenvalue weighted by Crippen LogP contribution is -2.37. The summed E-state index contributed by atoms with van der Waals surface area (Å²) in [6.07, 6.45) is 27.6. The van der Waals surface area contributed by atoms with Gasteiger partial charge in [0.1, 0.15) is 0 Å². The summed E-state index contributed by atoms with van der Waals surface area (Å²) in [6.45, 7) is 8.08. The van der Waals surface area contributed by atoms with Gasteiger partial charge in [-0.05, 0) is 80.9 Å². The first-order valence-corrected chi connectivity index (χ1v) is 15.0. The number of piperidine rings is 2. The van der Waals surface area contributed by atoms with Gasteiger partial charge in [0.2, 0.25) is 0 Å². The second-order valence-electron chi connectivity index (χ2n) is 11.1. The smallest absolute Gasteiger partial charge is 0.0644 e. The lowest BCUT2D eigenvalue weighted by molar-refractivity contribution is 0.0428. The zero-order valence-corrected chi connectivity index (χ0v) is 20.9. The number of hydrogen-bond donors (Lipinski definition) is 0. The van der Waals surface area contributed by atoms with E-state index in [2.05, 4.69) is 28.2 Å². The molecule has 0 unspecified atom stereocenters. The first-order valence-electron chi connectivity index (χ1n) is 13.7. The highest BCUT2D eigenvalue weighted by Crippen LogP contribution is 2.53. The van der Waals surface area contributed by atoms with Crippen molar-refractivity contribution in [1.82, 2.24) is 9.34 Å². The van der Waals surface area contributed by atoms with E-state index in [-0.39, 0.29) is 8.22 Å². The van der Waals surface area contributed by atoms with Gasteiger partial charge in [0, 0.05) is 26.2 Å². The van der Waals surface area contributed by atoms with Gasteiger partial charge in [-0.15, -0.1) is 0 Å². The Bertz CT molecular complexity index is 473. The molecule has 2 nitrogen and oxygen atoms in total. The number of nitrogens with zero attached hydrogens (tertiary/aromatic N) is 2. The van der Waals surface area contributed by atoms with Gasteiger partial charge in [-0.2, -0.15) is 0 Å². The van der Waals surface area contributed by atoms with Crippen LogP contribution >= 0.6 is 8.22 Å². The molecule has 2 heterocycles. The van der Waals surface area contributed by atoms with Crippen LogP contribution in [0.15, 0.2) is 11.9 Å². The molecule has 0 spiro atoms. The average molecular weight is 433 g/mol. The van der Waals surface area contributed by atoms with Gasteiger partial charge < -0.3 is 0 Å². The van der Waals surface area contributed by atoms with E-state index >= 15 is 0 Å². The van der Waals surface area contributed by atoms with Crippen molar-refractivity contribution in [3.63, 3.8) is 0 Å². The second kappa shape index (κ2) is 11.8. The summed E-state index contributed by atoms with van der Waals surface area (Å²) >= 11 is 0. The summed E-state index contributed by atoms with van der Waals surface area (Å²) < 4.78 is 5.75.